The van der Waals surface area contributed by atoms with Gasteiger partial charge in [0, 0.05) is 30.9 Å². The maximum absolute atomic E-state index is 5.92. The van der Waals surface area contributed by atoms with Crippen molar-refractivity contribution in [3.63, 3.8) is 0 Å². The monoisotopic (exact) mass is 264 g/mol. The van der Waals surface area contributed by atoms with Gasteiger partial charge in [-0.2, -0.15) is 0 Å². The van der Waals surface area contributed by atoms with E-state index in [9.17, 15) is 0 Å². The first-order chi connectivity index (χ1) is 9.28. The first-order valence-electron chi connectivity index (χ1n) is 7.02. The largest absolute Gasteiger partial charge is 0.491 e. The van der Waals surface area contributed by atoms with Crippen LogP contribution in [0.15, 0.2) is 24.3 Å². The quantitative estimate of drug-likeness (QED) is 0.775. The van der Waals surface area contributed by atoms with Gasteiger partial charge in [0.1, 0.15) is 12.4 Å². The van der Waals surface area contributed by atoms with Crippen LogP contribution in [0.5, 0.6) is 5.75 Å². The molecule has 1 aliphatic carbocycles. The molecule has 0 aliphatic heterocycles. The molecule has 0 heterocycles. The van der Waals surface area contributed by atoms with E-state index in [1.165, 1.54) is 0 Å². The van der Waals surface area contributed by atoms with Gasteiger partial charge in [0.2, 0.25) is 0 Å². The number of ether oxygens (including phenoxy) is 2. The Morgan fingerprint density at radius 1 is 1.21 bits per heavy atom. The molecule has 1 aromatic carbocycles. The van der Waals surface area contributed by atoms with E-state index in [-0.39, 0.29) is 0 Å². The second-order valence-electron chi connectivity index (χ2n) is 5.13. The minimum absolute atomic E-state index is 0.391. The molecule has 1 aliphatic rings. The molecule has 1 aromatic rings. The van der Waals surface area contributed by atoms with E-state index in [2.05, 4.69) is 11.4 Å². The van der Waals surface area contributed by atoms with Gasteiger partial charge >= 0.3 is 0 Å². The molecule has 0 spiro atoms. The van der Waals surface area contributed by atoms with Crippen LogP contribution in [0.3, 0.4) is 0 Å². The first-order valence-corrected chi connectivity index (χ1v) is 7.02. The Morgan fingerprint density at radius 3 is 2.74 bits per heavy atom. The van der Waals surface area contributed by atoms with Gasteiger partial charge in [-0.1, -0.05) is 6.07 Å². The van der Waals surface area contributed by atoms with Crippen LogP contribution in [-0.2, 0) is 4.74 Å². The second kappa shape index (κ2) is 7.36. The van der Waals surface area contributed by atoms with E-state index in [0.29, 0.717) is 25.3 Å². The number of anilines is 1. The Morgan fingerprint density at radius 2 is 2.00 bits per heavy atom. The van der Waals surface area contributed by atoms with E-state index in [4.69, 9.17) is 15.2 Å². The third-order valence-corrected chi connectivity index (χ3v) is 3.53. The Labute approximate surface area is 115 Å². The molecule has 0 bridgehead atoms. The molecule has 2 rings (SSSR count). The Hall–Kier alpha value is -1.26. The van der Waals surface area contributed by atoms with E-state index >= 15 is 0 Å². The second-order valence-corrected chi connectivity index (χ2v) is 5.13. The molecule has 4 heteroatoms. The number of rotatable bonds is 6. The van der Waals surface area contributed by atoms with Crippen molar-refractivity contribution >= 4 is 5.69 Å². The molecule has 0 saturated heterocycles. The van der Waals surface area contributed by atoms with Crippen molar-refractivity contribution < 1.29 is 9.47 Å². The summed E-state index contributed by atoms with van der Waals surface area (Å²) in [5.41, 5.74) is 7.04. The highest BCUT2D eigenvalue weighted by Gasteiger charge is 2.18. The topological polar surface area (TPSA) is 56.5 Å². The van der Waals surface area contributed by atoms with E-state index < -0.39 is 0 Å². The molecular formula is C15H24N2O2. The molecule has 0 radical (unpaired) electrons. The smallest absolute Gasteiger partial charge is 0.121 e. The predicted octanol–water partition coefficient (Wildman–Crippen LogP) is 2.39. The van der Waals surface area contributed by atoms with Crippen molar-refractivity contribution in [1.82, 2.24) is 0 Å². The van der Waals surface area contributed by atoms with E-state index in [1.54, 1.807) is 7.11 Å². The zero-order valence-corrected chi connectivity index (χ0v) is 11.6. The van der Waals surface area contributed by atoms with Crippen molar-refractivity contribution in [2.45, 2.75) is 37.8 Å². The van der Waals surface area contributed by atoms with Gasteiger partial charge in [-0.05, 0) is 37.8 Å². The summed E-state index contributed by atoms with van der Waals surface area (Å²) in [6.07, 6.45) is 4.52. The summed E-state index contributed by atoms with van der Waals surface area (Å²) in [5, 5.41) is 3.57. The van der Waals surface area contributed by atoms with E-state index in [1.807, 2.05) is 18.2 Å². The van der Waals surface area contributed by atoms with Crippen molar-refractivity contribution in [2.75, 3.05) is 25.6 Å². The van der Waals surface area contributed by atoms with Crippen LogP contribution in [0, 0.1) is 0 Å². The molecule has 106 valence electrons. The average molecular weight is 264 g/mol. The fraction of sp³-hybridized carbons (Fsp3) is 0.600. The average Bonchev–Trinajstić information content (AvgIpc) is 2.42. The molecule has 1 saturated carbocycles. The molecule has 0 atom stereocenters. The number of benzene rings is 1. The van der Waals surface area contributed by atoms with Gasteiger partial charge in [0.05, 0.1) is 6.61 Å². The summed E-state index contributed by atoms with van der Waals surface area (Å²) in [5.74, 6) is 0.884. The Balaban J connectivity index is 1.84. The lowest BCUT2D eigenvalue weighted by Gasteiger charge is -2.27. The van der Waals surface area contributed by atoms with Crippen LogP contribution in [-0.4, -0.2) is 32.4 Å². The number of methoxy groups -OCH3 is 1. The van der Waals surface area contributed by atoms with Crippen molar-refractivity contribution in [3.8, 4) is 5.75 Å². The standard InChI is InChI=1S/C15H24N2O2/c1-18-9-10-19-15-4-2-3-14(11-15)17-13-7-5-12(16)6-8-13/h2-4,11-13,17H,5-10,16H2,1H3. The number of nitrogens with one attached hydrogen (secondary N) is 1. The van der Waals surface area contributed by atoms with Crippen LogP contribution in [0.1, 0.15) is 25.7 Å². The molecule has 0 amide bonds. The van der Waals surface area contributed by atoms with Crippen LogP contribution in [0.25, 0.3) is 0 Å². The Kier molecular flexibility index (Phi) is 5.48. The molecule has 0 unspecified atom stereocenters. The van der Waals surface area contributed by atoms with Gasteiger partial charge in [0.15, 0.2) is 0 Å². The summed E-state index contributed by atoms with van der Waals surface area (Å²) in [6, 6.07) is 9.04. The third-order valence-electron chi connectivity index (χ3n) is 3.53. The van der Waals surface area contributed by atoms with Gasteiger partial charge in [-0.15, -0.1) is 0 Å². The maximum Gasteiger partial charge on any atom is 0.121 e. The van der Waals surface area contributed by atoms with Gasteiger partial charge < -0.3 is 20.5 Å². The lowest BCUT2D eigenvalue weighted by Crippen LogP contribution is -2.32. The zero-order chi connectivity index (χ0) is 13.5. The van der Waals surface area contributed by atoms with Crippen LogP contribution < -0.4 is 15.8 Å². The summed E-state index contributed by atoms with van der Waals surface area (Å²) < 4.78 is 10.6. The highest BCUT2D eigenvalue weighted by Crippen LogP contribution is 2.23. The van der Waals surface area contributed by atoms with Crippen LogP contribution in [0.2, 0.25) is 0 Å². The van der Waals surface area contributed by atoms with Crippen LogP contribution >= 0.6 is 0 Å². The molecule has 0 aromatic heterocycles. The number of hydrogen-bond donors (Lipinski definition) is 2. The molecule has 3 N–H and O–H groups in total. The van der Waals surface area contributed by atoms with Crippen molar-refractivity contribution in [3.05, 3.63) is 24.3 Å². The fourth-order valence-electron chi connectivity index (χ4n) is 2.42. The minimum atomic E-state index is 0.391. The number of nitrogens with two attached hydrogens (primary N) is 1. The summed E-state index contributed by atoms with van der Waals surface area (Å²) in [4.78, 5) is 0. The van der Waals surface area contributed by atoms with Crippen LogP contribution in [0.4, 0.5) is 5.69 Å². The molecule has 4 nitrogen and oxygen atoms in total. The van der Waals surface area contributed by atoms with E-state index in [0.717, 1.165) is 37.1 Å². The highest BCUT2D eigenvalue weighted by molar-refractivity contribution is 5.48. The molecule has 19 heavy (non-hydrogen) atoms. The lowest BCUT2D eigenvalue weighted by molar-refractivity contribution is 0.146. The molecule has 1 fully saturated rings. The highest BCUT2D eigenvalue weighted by atomic mass is 16.5. The van der Waals surface area contributed by atoms with Crippen molar-refractivity contribution in [2.24, 2.45) is 5.73 Å². The predicted molar refractivity (Wildman–Crippen MR) is 77.7 cm³/mol. The molecular weight excluding hydrogens is 240 g/mol. The normalized spacial score (nSPS) is 23.1. The van der Waals surface area contributed by atoms with Gasteiger partial charge in [-0.25, -0.2) is 0 Å². The number of hydrogen-bond acceptors (Lipinski definition) is 4. The SMILES string of the molecule is COCCOc1cccc(NC2CCC(N)CC2)c1. The lowest BCUT2D eigenvalue weighted by atomic mass is 9.92. The van der Waals surface area contributed by atoms with Gasteiger partial charge in [0.25, 0.3) is 0 Å². The summed E-state index contributed by atoms with van der Waals surface area (Å²) in [7, 11) is 1.68. The summed E-state index contributed by atoms with van der Waals surface area (Å²) >= 11 is 0. The van der Waals surface area contributed by atoms with Crippen molar-refractivity contribution in [1.29, 1.82) is 0 Å². The zero-order valence-electron chi connectivity index (χ0n) is 11.6. The third kappa shape index (κ3) is 4.73. The first kappa shape index (κ1) is 14.2. The summed E-state index contributed by atoms with van der Waals surface area (Å²) in [6.45, 7) is 1.19. The maximum atomic E-state index is 5.92. The van der Waals surface area contributed by atoms with Gasteiger partial charge in [-0.3, -0.25) is 0 Å². The fourth-order valence-corrected chi connectivity index (χ4v) is 2.42. The minimum Gasteiger partial charge on any atom is -0.491 e. The Bertz CT molecular complexity index is 376.